The fourth-order valence-corrected chi connectivity index (χ4v) is 4.73. The van der Waals surface area contributed by atoms with Gasteiger partial charge in [-0.1, -0.05) is 13.3 Å². The molecule has 0 unspecified atom stereocenters. The van der Waals surface area contributed by atoms with Crippen LogP contribution in [0.2, 0.25) is 0 Å². The first-order valence-corrected chi connectivity index (χ1v) is 10.5. The van der Waals surface area contributed by atoms with Crippen molar-refractivity contribution in [3.8, 4) is 17.2 Å². The van der Waals surface area contributed by atoms with Crippen LogP contribution in [0, 0.1) is 11.8 Å². The third-order valence-corrected chi connectivity index (χ3v) is 6.23. The van der Waals surface area contributed by atoms with E-state index < -0.39 is 6.10 Å². The SMILES string of the molecule is CCCc1cnc(N2C[C@H]3C[C@@H](Oc4ccc5c(c4)OCO5)[C@H](O)C[C@H]3C2)nc1. The first kappa shape index (κ1) is 18.5. The molecule has 0 radical (unpaired) electrons. The highest BCUT2D eigenvalue weighted by Gasteiger charge is 2.43. The average molecular weight is 397 g/mol. The topological polar surface area (TPSA) is 76.9 Å². The highest BCUT2D eigenvalue weighted by atomic mass is 16.7. The molecule has 5 rings (SSSR count). The lowest BCUT2D eigenvalue weighted by atomic mass is 9.78. The molecule has 0 bridgehead atoms. The summed E-state index contributed by atoms with van der Waals surface area (Å²) >= 11 is 0. The van der Waals surface area contributed by atoms with E-state index in [1.165, 1.54) is 5.56 Å². The van der Waals surface area contributed by atoms with Crippen LogP contribution in [0.15, 0.2) is 30.6 Å². The Hall–Kier alpha value is -2.54. The highest BCUT2D eigenvalue weighted by molar-refractivity contribution is 5.47. The highest BCUT2D eigenvalue weighted by Crippen LogP contribution is 2.40. The van der Waals surface area contributed by atoms with Crippen molar-refractivity contribution >= 4 is 5.95 Å². The number of rotatable bonds is 5. The van der Waals surface area contributed by atoms with Crippen molar-refractivity contribution in [2.24, 2.45) is 11.8 Å². The molecule has 2 aromatic rings. The maximum atomic E-state index is 10.7. The number of hydrogen-bond acceptors (Lipinski definition) is 7. The molecule has 7 nitrogen and oxygen atoms in total. The minimum absolute atomic E-state index is 0.218. The van der Waals surface area contributed by atoms with Crippen LogP contribution < -0.4 is 19.1 Å². The zero-order valence-electron chi connectivity index (χ0n) is 16.7. The van der Waals surface area contributed by atoms with Crippen LogP contribution >= 0.6 is 0 Å². The summed E-state index contributed by atoms with van der Waals surface area (Å²) in [6.45, 7) is 4.20. The predicted molar refractivity (Wildman–Crippen MR) is 107 cm³/mol. The maximum Gasteiger partial charge on any atom is 0.231 e. The van der Waals surface area contributed by atoms with Crippen LogP contribution in [0.4, 0.5) is 5.95 Å². The number of anilines is 1. The second-order valence-corrected chi connectivity index (χ2v) is 8.28. The van der Waals surface area contributed by atoms with Gasteiger partial charge in [0.15, 0.2) is 11.5 Å². The Balaban J connectivity index is 1.24. The quantitative estimate of drug-likeness (QED) is 0.831. The first-order valence-electron chi connectivity index (χ1n) is 10.5. The number of benzene rings is 1. The lowest BCUT2D eigenvalue weighted by Crippen LogP contribution is -2.42. The summed E-state index contributed by atoms with van der Waals surface area (Å²) in [6.07, 6.45) is 6.85. The smallest absolute Gasteiger partial charge is 0.231 e. The molecule has 3 heterocycles. The van der Waals surface area contributed by atoms with Crippen molar-refractivity contribution in [2.45, 2.75) is 44.8 Å². The van der Waals surface area contributed by atoms with Crippen LogP contribution in [0.3, 0.4) is 0 Å². The van der Waals surface area contributed by atoms with Gasteiger partial charge < -0.3 is 24.2 Å². The van der Waals surface area contributed by atoms with Gasteiger partial charge in [-0.25, -0.2) is 9.97 Å². The number of aryl methyl sites for hydroxylation is 1. The minimum atomic E-state index is -0.477. The second-order valence-electron chi connectivity index (χ2n) is 8.28. The third kappa shape index (κ3) is 3.71. The van der Waals surface area contributed by atoms with Gasteiger partial charge in [-0.2, -0.15) is 0 Å². The molecule has 3 aliphatic rings. The molecule has 154 valence electrons. The Morgan fingerprint density at radius 2 is 1.86 bits per heavy atom. The van der Waals surface area contributed by atoms with E-state index in [2.05, 4.69) is 21.8 Å². The molecule has 0 spiro atoms. The lowest BCUT2D eigenvalue weighted by Gasteiger charge is -2.35. The van der Waals surface area contributed by atoms with Crippen LogP contribution in [-0.2, 0) is 6.42 Å². The standard InChI is InChI=1S/C22H27N3O4/c1-2-3-14-9-23-22(24-10-14)25-11-15-6-18(26)20(7-16(15)12-25)29-17-4-5-19-21(8-17)28-13-27-19/h4-5,8-10,15-16,18,20,26H,2-3,6-7,11-13H2,1H3/t15-,16+,18+,20+/m0/s1. The van der Waals surface area contributed by atoms with Crippen LogP contribution in [0.5, 0.6) is 17.2 Å². The van der Waals surface area contributed by atoms with E-state index in [9.17, 15) is 5.11 Å². The average Bonchev–Trinajstić information content (AvgIpc) is 3.35. The molecule has 2 fully saturated rings. The van der Waals surface area contributed by atoms with Gasteiger partial charge in [0, 0.05) is 31.5 Å². The van der Waals surface area contributed by atoms with E-state index in [4.69, 9.17) is 14.2 Å². The number of nitrogens with zero attached hydrogens (tertiary/aromatic N) is 3. The third-order valence-electron chi connectivity index (χ3n) is 6.23. The molecule has 7 heteroatoms. The normalized spacial score (nSPS) is 27.7. The number of aromatic nitrogens is 2. The van der Waals surface area contributed by atoms with Crippen LogP contribution in [0.1, 0.15) is 31.7 Å². The van der Waals surface area contributed by atoms with Gasteiger partial charge in [0.2, 0.25) is 12.7 Å². The first-order chi connectivity index (χ1) is 14.2. The molecule has 1 aliphatic carbocycles. The molecule has 1 aromatic carbocycles. The Bertz CT molecular complexity index is 860. The van der Waals surface area contributed by atoms with E-state index in [1.54, 1.807) is 0 Å². The zero-order valence-corrected chi connectivity index (χ0v) is 16.7. The number of aliphatic hydroxyl groups is 1. The van der Waals surface area contributed by atoms with E-state index in [0.717, 1.165) is 50.5 Å². The van der Waals surface area contributed by atoms with Gasteiger partial charge in [-0.05, 0) is 48.8 Å². The summed E-state index contributed by atoms with van der Waals surface area (Å²) in [5.41, 5.74) is 1.18. The van der Waals surface area contributed by atoms with Crippen molar-refractivity contribution in [1.29, 1.82) is 0 Å². The van der Waals surface area contributed by atoms with Gasteiger partial charge in [0.25, 0.3) is 0 Å². The van der Waals surface area contributed by atoms with Gasteiger partial charge in [0.1, 0.15) is 11.9 Å². The van der Waals surface area contributed by atoms with Gasteiger partial charge in [-0.3, -0.25) is 0 Å². The molecule has 1 saturated carbocycles. The number of aliphatic hydroxyl groups excluding tert-OH is 1. The molecule has 1 saturated heterocycles. The second kappa shape index (κ2) is 7.71. The van der Waals surface area contributed by atoms with Crippen molar-refractivity contribution in [1.82, 2.24) is 9.97 Å². The fourth-order valence-electron chi connectivity index (χ4n) is 4.73. The number of hydrogen-bond donors (Lipinski definition) is 1. The summed E-state index contributed by atoms with van der Waals surface area (Å²) in [7, 11) is 0. The summed E-state index contributed by atoms with van der Waals surface area (Å²) in [4.78, 5) is 11.4. The summed E-state index contributed by atoms with van der Waals surface area (Å²) in [5.74, 6) is 3.85. The van der Waals surface area contributed by atoms with E-state index in [-0.39, 0.29) is 12.9 Å². The molecular weight excluding hydrogens is 370 g/mol. The molecule has 2 aliphatic heterocycles. The van der Waals surface area contributed by atoms with Gasteiger partial charge >= 0.3 is 0 Å². The summed E-state index contributed by atoms with van der Waals surface area (Å²) in [6, 6.07) is 5.57. The van der Waals surface area contributed by atoms with Crippen molar-refractivity contribution in [2.75, 3.05) is 24.8 Å². The molecule has 1 N–H and O–H groups in total. The lowest BCUT2D eigenvalue weighted by molar-refractivity contribution is -0.0232. The van der Waals surface area contributed by atoms with Crippen molar-refractivity contribution in [3.05, 3.63) is 36.2 Å². The molecule has 0 amide bonds. The molecular formula is C22H27N3O4. The van der Waals surface area contributed by atoms with Gasteiger partial charge in [0.05, 0.1) is 6.10 Å². The summed E-state index contributed by atoms with van der Waals surface area (Å²) < 4.78 is 16.9. The van der Waals surface area contributed by atoms with Gasteiger partial charge in [-0.15, -0.1) is 0 Å². The Kier molecular flexibility index (Phi) is 4.91. The Morgan fingerprint density at radius 3 is 2.66 bits per heavy atom. The van der Waals surface area contributed by atoms with E-state index in [0.29, 0.717) is 23.3 Å². The zero-order chi connectivity index (χ0) is 19.8. The van der Waals surface area contributed by atoms with Crippen LogP contribution in [0.25, 0.3) is 0 Å². The molecule has 4 atom stereocenters. The largest absolute Gasteiger partial charge is 0.488 e. The van der Waals surface area contributed by atoms with Crippen LogP contribution in [-0.4, -0.2) is 47.2 Å². The maximum absolute atomic E-state index is 10.7. The summed E-state index contributed by atoms with van der Waals surface area (Å²) in [5, 5.41) is 10.7. The van der Waals surface area contributed by atoms with Crippen molar-refractivity contribution in [3.63, 3.8) is 0 Å². The number of ether oxygens (including phenoxy) is 3. The fraction of sp³-hybridized carbons (Fsp3) is 0.545. The van der Waals surface area contributed by atoms with Crippen molar-refractivity contribution < 1.29 is 19.3 Å². The molecule has 1 aromatic heterocycles. The Morgan fingerprint density at radius 1 is 1.10 bits per heavy atom. The predicted octanol–water partition coefficient (Wildman–Crippen LogP) is 2.81. The monoisotopic (exact) mass is 397 g/mol. The minimum Gasteiger partial charge on any atom is -0.488 e. The number of fused-ring (bicyclic) bond motifs is 2. The Labute approximate surface area is 170 Å². The van der Waals surface area contributed by atoms with E-state index in [1.807, 2.05) is 30.6 Å². The van der Waals surface area contributed by atoms with E-state index >= 15 is 0 Å². The molecule has 29 heavy (non-hydrogen) atoms.